The van der Waals surface area contributed by atoms with Gasteiger partial charge in [0.2, 0.25) is 5.91 Å². The van der Waals surface area contributed by atoms with Gasteiger partial charge >= 0.3 is 24.0 Å². The van der Waals surface area contributed by atoms with E-state index in [0.29, 0.717) is 16.0 Å². The van der Waals surface area contributed by atoms with E-state index in [9.17, 15) is 24.0 Å². The number of esters is 3. The fourth-order valence-electron chi connectivity index (χ4n) is 3.64. The zero-order valence-corrected chi connectivity index (χ0v) is 21.2. The normalized spacial score (nSPS) is 11.9. The van der Waals surface area contributed by atoms with Gasteiger partial charge in [0.1, 0.15) is 12.6 Å². The van der Waals surface area contributed by atoms with Crippen LogP contribution in [0.25, 0.3) is 0 Å². The van der Waals surface area contributed by atoms with E-state index in [1.165, 1.54) is 12.1 Å². The summed E-state index contributed by atoms with van der Waals surface area (Å²) in [6.07, 6.45) is -1.98. The van der Waals surface area contributed by atoms with E-state index in [1.54, 1.807) is 78.9 Å². The number of nitrogens with zero attached hydrogens (tertiary/aromatic N) is 1. The van der Waals surface area contributed by atoms with Gasteiger partial charge in [-0.2, -0.15) is 0 Å². The zero-order valence-electron chi connectivity index (χ0n) is 21.2. The Bertz CT molecular complexity index is 1280. The SMILES string of the molecule is COC(=O)C(Cc1ccccc1)N(C(=O)OCc1ccccc1)C(=O)C(N)CC(=O)OC(=O)c1ccccc1. The van der Waals surface area contributed by atoms with Crippen LogP contribution in [0, 0.1) is 0 Å². The van der Waals surface area contributed by atoms with Crippen molar-refractivity contribution in [2.45, 2.75) is 31.5 Å². The highest BCUT2D eigenvalue weighted by Crippen LogP contribution is 2.16. The van der Waals surface area contributed by atoms with Crippen LogP contribution in [0.3, 0.4) is 0 Å². The summed E-state index contributed by atoms with van der Waals surface area (Å²) < 4.78 is 15.0. The lowest BCUT2D eigenvalue weighted by Gasteiger charge is -2.29. The molecule has 0 radical (unpaired) electrons. The van der Waals surface area contributed by atoms with E-state index in [4.69, 9.17) is 19.9 Å². The summed E-state index contributed by atoms with van der Waals surface area (Å²) in [5.74, 6) is -3.97. The Hall–Kier alpha value is -4.83. The highest BCUT2D eigenvalue weighted by molar-refractivity contribution is 6.02. The highest BCUT2D eigenvalue weighted by atomic mass is 16.6. The molecule has 2 unspecified atom stereocenters. The number of hydrogen-bond acceptors (Lipinski definition) is 9. The Balaban J connectivity index is 1.81. The summed E-state index contributed by atoms with van der Waals surface area (Å²) in [5, 5.41) is 0. The Morgan fingerprint density at radius 1 is 0.795 bits per heavy atom. The van der Waals surface area contributed by atoms with Crippen molar-refractivity contribution in [3.8, 4) is 0 Å². The summed E-state index contributed by atoms with van der Waals surface area (Å²) in [5.41, 5.74) is 7.39. The van der Waals surface area contributed by atoms with Crippen LogP contribution in [0.2, 0.25) is 0 Å². The summed E-state index contributed by atoms with van der Waals surface area (Å²) in [4.78, 5) is 64.6. The molecule has 0 saturated heterocycles. The average Bonchev–Trinajstić information content (AvgIpc) is 2.96. The lowest BCUT2D eigenvalue weighted by atomic mass is 10.0. The zero-order chi connectivity index (χ0) is 28.2. The Labute approximate surface area is 225 Å². The van der Waals surface area contributed by atoms with E-state index in [-0.39, 0.29) is 18.6 Å². The lowest BCUT2D eigenvalue weighted by Crippen LogP contribution is -2.55. The smallest absolute Gasteiger partial charge is 0.417 e. The number of hydrogen-bond donors (Lipinski definition) is 1. The van der Waals surface area contributed by atoms with Gasteiger partial charge in [-0.05, 0) is 23.3 Å². The van der Waals surface area contributed by atoms with Crippen molar-refractivity contribution in [2.75, 3.05) is 7.11 Å². The first-order valence-electron chi connectivity index (χ1n) is 12.0. The molecule has 10 heteroatoms. The Morgan fingerprint density at radius 2 is 1.33 bits per heavy atom. The molecule has 202 valence electrons. The van der Waals surface area contributed by atoms with Crippen LogP contribution >= 0.6 is 0 Å². The summed E-state index contributed by atoms with van der Waals surface area (Å²) in [6.45, 7) is -0.189. The number of carbonyl (C=O) groups excluding carboxylic acids is 5. The number of carbonyl (C=O) groups is 5. The predicted molar refractivity (Wildman–Crippen MR) is 139 cm³/mol. The minimum Gasteiger partial charge on any atom is -0.467 e. The summed E-state index contributed by atoms with van der Waals surface area (Å²) in [6, 6.07) is 22.1. The molecule has 0 aliphatic heterocycles. The third-order valence-electron chi connectivity index (χ3n) is 5.62. The fraction of sp³-hybridized carbons (Fsp3) is 0.207. The largest absolute Gasteiger partial charge is 0.467 e. The van der Waals surface area contributed by atoms with Crippen LogP contribution in [0.1, 0.15) is 27.9 Å². The molecule has 0 saturated carbocycles. The van der Waals surface area contributed by atoms with Gasteiger partial charge in [-0.25, -0.2) is 19.3 Å². The van der Waals surface area contributed by atoms with E-state index in [0.717, 1.165) is 7.11 Å². The monoisotopic (exact) mass is 532 g/mol. The van der Waals surface area contributed by atoms with Gasteiger partial charge < -0.3 is 19.9 Å². The number of amides is 2. The molecule has 0 bridgehead atoms. The predicted octanol–water partition coefficient (Wildman–Crippen LogP) is 3.04. The number of nitrogens with two attached hydrogens (primary N) is 1. The second-order valence-electron chi connectivity index (χ2n) is 8.42. The first-order chi connectivity index (χ1) is 18.8. The van der Waals surface area contributed by atoms with Crippen LogP contribution < -0.4 is 5.73 Å². The van der Waals surface area contributed by atoms with Crippen molar-refractivity contribution >= 4 is 29.9 Å². The van der Waals surface area contributed by atoms with E-state index < -0.39 is 48.4 Å². The van der Waals surface area contributed by atoms with Gasteiger partial charge in [0.05, 0.1) is 25.1 Å². The molecule has 0 aliphatic rings. The van der Waals surface area contributed by atoms with Crippen LogP contribution in [-0.4, -0.2) is 54.0 Å². The third-order valence-corrected chi connectivity index (χ3v) is 5.62. The van der Waals surface area contributed by atoms with Gasteiger partial charge in [-0.3, -0.25) is 9.59 Å². The number of ether oxygens (including phenoxy) is 3. The molecule has 3 aromatic carbocycles. The van der Waals surface area contributed by atoms with Crippen LogP contribution in [-0.2, 0) is 41.6 Å². The summed E-state index contributed by atoms with van der Waals surface area (Å²) >= 11 is 0. The van der Waals surface area contributed by atoms with Crippen molar-refractivity contribution in [3.63, 3.8) is 0 Å². The Kier molecular flexibility index (Phi) is 10.5. The van der Waals surface area contributed by atoms with Crippen LogP contribution in [0.4, 0.5) is 4.79 Å². The Morgan fingerprint density at radius 3 is 1.90 bits per heavy atom. The minimum absolute atomic E-state index is 0.0939. The first kappa shape index (κ1) is 28.7. The molecule has 0 heterocycles. The molecular weight excluding hydrogens is 504 g/mol. The van der Waals surface area contributed by atoms with Gasteiger partial charge in [-0.15, -0.1) is 0 Å². The number of methoxy groups -OCH3 is 1. The van der Waals surface area contributed by atoms with Crippen molar-refractivity contribution in [1.82, 2.24) is 4.90 Å². The lowest BCUT2D eigenvalue weighted by molar-refractivity contribution is -0.152. The van der Waals surface area contributed by atoms with Crippen LogP contribution in [0.5, 0.6) is 0 Å². The van der Waals surface area contributed by atoms with Crippen molar-refractivity contribution in [3.05, 3.63) is 108 Å². The number of imide groups is 1. The topological polar surface area (TPSA) is 142 Å². The maximum atomic E-state index is 13.4. The van der Waals surface area contributed by atoms with Crippen molar-refractivity contribution in [1.29, 1.82) is 0 Å². The molecule has 2 atom stereocenters. The van der Waals surface area contributed by atoms with Gasteiger partial charge in [-0.1, -0.05) is 78.9 Å². The summed E-state index contributed by atoms with van der Waals surface area (Å²) in [7, 11) is 1.12. The second-order valence-corrected chi connectivity index (χ2v) is 8.42. The van der Waals surface area contributed by atoms with Crippen LogP contribution in [0.15, 0.2) is 91.0 Å². The van der Waals surface area contributed by atoms with Crippen molar-refractivity contribution in [2.24, 2.45) is 5.73 Å². The second kappa shape index (κ2) is 14.2. The molecule has 39 heavy (non-hydrogen) atoms. The van der Waals surface area contributed by atoms with E-state index in [1.807, 2.05) is 0 Å². The molecule has 3 aromatic rings. The highest BCUT2D eigenvalue weighted by Gasteiger charge is 2.40. The number of rotatable bonds is 10. The van der Waals surface area contributed by atoms with Crippen molar-refractivity contribution < 1.29 is 38.2 Å². The van der Waals surface area contributed by atoms with E-state index in [2.05, 4.69) is 0 Å². The molecule has 0 fully saturated rings. The fourth-order valence-corrected chi connectivity index (χ4v) is 3.64. The quantitative estimate of drug-likeness (QED) is 0.237. The maximum absolute atomic E-state index is 13.4. The molecule has 3 rings (SSSR count). The molecular formula is C29H28N2O8. The van der Waals surface area contributed by atoms with Gasteiger partial charge in [0.25, 0.3) is 0 Å². The molecule has 0 aromatic heterocycles. The average molecular weight is 533 g/mol. The molecule has 0 aliphatic carbocycles. The maximum Gasteiger partial charge on any atom is 0.417 e. The molecule has 10 nitrogen and oxygen atoms in total. The van der Waals surface area contributed by atoms with Gasteiger partial charge in [0.15, 0.2) is 0 Å². The molecule has 2 N–H and O–H groups in total. The minimum atomic E-state index is -1.63. The third kappa shape index (κ3) is 8.34. The van der Waals surface area contributed by atoms with E-state index >= 15 is 0 Å². The molecule has 2 amide bonds. The standard InChI is InChI=1S/C29H28N2O8/c1-37-28(35)24(17-20-11-5-2-6-12-20)31(29(36)38-19-21-13-7-3-8-14-21)26(33)23(30)18-25(32)39-27(34)22-15-9-4-10-16-22/h2-16,23-24H,17-19,30H2,1H3. The van der Waals surface area contributed by atoms with Gasteiger partial charge in [0, 0.05) is 6.42 Å². The first-order valence-corrected chi connectivity index (χ1v) is 12.0. The molecule has 0 spiro atoms. The number of benzene rings is 3.